The van der Waals surface area contributed by atoms with Gasteiger partial charge in [0.2, 0.25) is 5.88 Å². The maximum Gasteiger partial charge on any atom is 0.218 e. The highest BCUT2D eigenvalue weighted by Gasteiger charge is 2.19. The lowest BCUT2D eigenvalue weighted by molar-refractivity contribution is 0.109. The summed E-state index contributed by atoms with van der Waals surface area (Å²) in [5.74, 6) is 2.40. The van der Waals surface area contributed by atoms with Gasteiger partial charge in [-0.1, -0.05) is 6.92 Å². The Labute approximate surface area is 115 Å². The Morgan fingerprint density at radius 1 is 1.32 bits per heavy atom. The molecule has 0 spiro atoms. The third kappa shape index (κ3) is 4.06. The molecule has 0 unspecified atom stereocenters. The molecule has 0 radical (unpaired) electrons. The van der Waals surface area contributed by atoms with Crippen molar-refractivity contribution in [3.05, 3.63) is 11.9 Å². The average Bonchev–Trinajstić information content (AvgIpc) is 2.41. The number of nitrogens with zero attached hydrogens (tertiary/aromatic N) is 3. The molecular weight excluding hydrogens is 240 g/mol. The van der Waals surface area contributed by atoms with Crippen molar-refractivity contribution in [2.24, 2.45) is 0 Å². The van der Waals surface area contributed by atoms with Crippen molar-refractivity contribution in [3.63, 3.8) is 0 Å². The van der Waals surface area contributed by atoms with Gasteiger partial charge in [-0.2, -0.15) is 4.98 Å². The lowest BCUT2D eigenvalue weighted by Gasteiger charge is -2.29. The molecule has 1 aliphatic heterocycles. The molecule has 0 bridgehead atoms. The molecule has 0 atom stereocenters. The van der Waals surface area contributed by atoms with Gasteiger partial charge in [0, 0.05) is 32.1 Å². The van der Waals surface area contributed by atoms with Crippen LogP contribution in [0.1, 0.15) is 32.5 Å². The van der Waals surface area contributed by atoms with E-state index in [1.807, 2.05) is 6.07 Å². The molecular formula is C14H24N4O. The van der Waals surface area contributed by atoms with Gasteiger partial charge in [0.1, 0.15) is 17.7 Å². The summed E-state index contributed by atoms with van der Waals surface area (Å²) in [6, 6.07) is 1.90. The number of hydrogen-bond acceptors (Lipinski definition) is 5. The molecule has 1 aromatic rings. The molecule has 1 aromatic heterocycles. The van der Waals surface area contributed by atoms with Crippen molar-refractivity contribution in [3.8, 4) is 5.88 Å². The number of rotatable bonds is 5. The number of nitrogens with one attached hydrogen (secondary N) is 1. The summed E-state index contributed by atoms with van der Waals surface area (Å²) < 4.78 is 6.02. The molecule has 106 valence electrons. The number of aromatic nitrogens is 2. The van der Waals surface area contributed by atoms with Crippen molar-refractivity contribution in [2.45, 2.75) is 39.2 Å². The molecule has 1 fully saturated rings. The highest BCUT2D eigenvalue weighted by atomic mass is 16.5. The second-order valence-corrected chi connectivity index (χ2v) is 5.01. The minimum atomic E-state index is 0.283. The van der Waals surface area contributed by atoms with E-state index in [0.717, 1.165) is 50.5 Å². The predicted octanol–water partition coefficient (Wildman–Crippen LogP) is 1.94. The van der Waals surface area contributed by atoms with E-state index >= 15 is 0 Å². The molecule has 5 nitrogen and oxygen atoms in total. The lowest BCUT2D eigenvalue weighted by Crippen LogP contribution is -2.35. The number of ether oxygens (including phenoxy) is 1. The van der Waals surface area contributed by atoms with Crippen molar-refractivity contribution in [1.29, 1.82) is 0 Å². The summed E-state index contributed by atoms with van der Waals surface area (Å²) in [4.78, 5) is 11.2. The molecule has 5 heteroatoms. The first-order valence-electron chi connectivity index (χ1n) is 7.18. The fourth-order valence-electron chi connectivity index (χ4n) is 2.24. The van der Waals surface area contributed by atoms with Gasteiger partial charge in [0.25, 0.3) is 0 Å². The van der Waals surface area contributed by atoms with Gasteiger partial charge < -0.3 is 15.0 Å². The van der Waals surface area contributed by atoms with E-state index in [4.69, 9.17) is 4.74 Å². The molecule has 2 rings (SSSR count). The summed E-state index contributed by atoms with van der Waals surface area (Å²) in [7, 11) is 2.15. The third-order valence-corrected chi connectivity index (χ3v) is 3.38. The van der Waals surface area contributed by atoms with Crippen LogP contribution in [0.4, 0.5) is 5.82 Å². The van der Waals surface area contributed by atoms with Crippen LogP contribution in [0, 0.1) is 0 Å². The van der Waals surface area contributed by atoms with Gasteiger partial charge >= 0.3 is 0 Å². The van der Waals surface area contributed by atoms with Crippen LogP contribution < -0.4 is 10.1 Å². The van der Waals surface area contributed by atoms with E-state index in [1.54, 1.807) is 0 Å². The summed E-state index contributed by atoms with van der Waals surface area (Å²) in [6.07, 6.45) is 3.24. The standard InChI is InChI=1S/C14H24N4O/c1-4-12-16-13(15-5-2)10-14(17-12)19-11-6-8-18(3)9-7-11/h10-11H,4-9H2,1-3H3,(H,15,16,17). The smallest absolute Gasteiger partial charge is 0.218 e. The summed E-state index contributed by atoms with van der Waals surface area (Å²) in [5.41, 5.74) is 0. The number of piperidine rings is 1. The third-order valence-electron chi connectivity index (χ3n) is 3.38. The van der Waals surface area contributed by atoms with Crippen molar-refractivity contribution < 1.29 is 4.74 Å². The second-order valence-electron chi connectivity index (χ2n) is 5.01. The van der Waals surface area contributed by atoms with Gasteiger partial charge in [0.05, 0.1) is 0 Å². The first-order chi connectivity index (χ1) is 9.21. The SMILES string of the molecule is CCNc1cc(OC2CCN(C)CC2)nc(CC)n1. The molecule has 1 saturated heterocycles. The normalized spacial score (nSPS) is 17.4. The van der Waals surface area contributed by atoms with Crippen molar-refractivity contribution in [2.75, 3.05) is 32.0 Å². The Balaban J connectivity index is 2.04. The molecule has 0 aromatic carbocycles. The fraction of sp³-hybridized carbons (Fsp3) is 0.714. The van der Waals surface area contributed by atoms with E-state index in [2.05, 4.69) is 41.1 Å². The van der Waals surface area contributed by atoms with Crippen LogP contribution >= 0.6 is 0 Å². The van der Waals surface area contributed by atoms with E-state index in [1.165, 1.54) is 0 Å². The van der Waals surface area contributed by atoms with Gasteiger partial charge in [-0.25, -0.2) is 4.98 Å². The largest absolute Gasteiger partial charge is 0.474 e. The number of anilines is 1. The summed E-state index contributed by atoms with van der Waals surface area (Å²) >= 11 is 0. The van der Waals surface area contributed by atoms with Gasteiger partial charge in [-0.3, -0.25) is 0 Å². The zero-order valence-electron chi connectivity index (χ0n) is 12.1. The van der Waals surface area contributed by atoms with E-state index in [0.29, 0.717) is 5.88 Å². The maximum atomic E-state index is 6.02. The fourth-order valence-corrected chi connectivity index (χ4v) is 2.24. The van der Waals surface area contributed by atoms with Gasteiger partial charge in [0.15, 0.2) is 0 Å². The monoisotopic (exact) mass is 264 g/mol. The average molecular weight is 264 g/mol. The molecule has 0 saturated carbocycles. The zero-order valence-corrected chi connectivity index (χ0v) is 12.1. The predicted molar refractivity (Wildman–Crippen MR) is 76.7 cm³/mol. The van der Waals surface area contributed by atoms with Crippen LogP contribution in [0.15, 0.2) is 6.07 Å². The van der Waals surface area contributed by atoms with Crippen molar-refractivity contribution >= 4 is 5.82 Å². The molecule has 19 heavy (non-hydrogen) atoms. The Morgan fingerprint density at radius 2 is 2.05 bits per heavy atom. The Kier molecular flexibility index (Phi) is 4.96. The molecule has 0 aliphatic carbocycles. The quantitative estimate of drug-likeness (QED) is 0.881. The lowest BCUT2D eigenvalue weighted by atomic mass is 10.1. The molecule has 2 heterocycles. The molecule has 1 aliphatic rings. The zero-order chi connectivity index (χ0) is 13.7. The van der Waals surface area contributed by atoms with Crippen molar-refractivity contribution in [1.82, 2.24) is 14.9 Å². The highest BCUT2D eigenvalue weighted by Crippen LogP contribution is 2.19. The minimum absolute atomic E-state index is 0.283. The topological polar surface area (TPSA) is 50.3 Å². The summed E-state index contributed by atoms with van der Waals surface area (Å²) in [5, 5.41) is 3.23. The first kappa shape index (κ1) is 14.1. The van der Waals surface area contributed by atoms with E-state index in [9.17, 15) is 0 Å². The van der Waals surface area contributed by atoms with Crippen LogP contribution in [0.3, 0.4) is 0 Å². The van der Waals surface area contributed by atoms with Crippen LogP contribution in [0.25, 0.3) is 0 Å². The van der Waals surface area contributed by atoms with E-state index in [-0.39, 0.29) is 6.10 Å². The van der Waals surface area contributed by atoms with Gasteiger partial charge in [-0.15, -0.1) is 0 Å². The Hall–Kier alpha value is -1.36. The Morgan fingerprint density at radius 3 is 2.68 bits per heavy atom. The molecule has 0 amide bonds. The summed E-state index contributed by atoms with van der Waals surface area (Å²) in [6.45, 7) is 7.16. The maximum absolute atomic E-state index is 6.02. The number of likely N-dealkylation sites (tertiary alicyclic amines) is 1. The first-order valence-corrected chi connectivity index (χ1v) is 7.18. The molecule has 1 N–H and O–H groups in total. The highest BCUT2D eigenvalue weighted by molar-refractivity contribution is 5.38. The number of hydrogen-bond donors (Lipinski definition) is 1. The van der Waals surface area contributed by atoms with Crippen LogP contribution in [0.5, 0.6) is 5.88 Å². The second kappa shape index (κ2) is 6.70. The minimum Gasteiger partial charge on any atom is -0.474 e. The van der Waals surface area contributed by atoms with Crippen LogP contribution in [-0.4, -0.2) is 47.7 Å². The van der Waals surface area contributed by atoms with Crippen LogP contribution in [0.2, 0.25) is 0 Å². The number of aryl methyl sites for hydroxylation is 1. The van der Waals surface area contributed by atoms with Crippen LogP contribution in [-0.2, 0) is 6.42 Å². The van der Waals surface area contributed by atoms with E-state index < -0.39 is 0 Å². The van der Waals surface area contributed by atoms with Gasteiger partial charge in [-0.05, 0) is 26.8 Å². The Bertz CT molecular complexity index is 402.